The first-order valence-electron chi connectivity index (χ1n) is 8.47. The van der Waals surface area contributed by atoms with Gasteiger partial charge >= 0.3 is 0 Å². The molecule has 0 bridgehead atoms. The zero-order valence-corrected chi connectivity index (χ0v) is 17.7. The highest BCUT2D eigenvalue weighted by Crippen LogP contribution is 2.39. The van der Waals surface area contributed by atoms with E-state index in [1.165, 1.54) is 0 Å². The Morgan fingerprint density at radius 1 is 1.32 bits per heavy atom. The Morgan fingerprint density at radius 3 is 2.72 bits per heavy atom. The van der Waals surface area contributed by atoms with Gasteiger partial charge in [-0.25, -0.2) is 0 Å². The quantitative estimate of drug-likeness (QED) is 0.359. The molecular formula is C18H29IN4O2. The second-order valence-corrected chi connectivity index (χ2v) is 6.58. The predicted molar refractivity (Wildman–Crippen MR) is 112 cm³/mol. The molecule has 3 N–H and O–H groups in total. The van der Waals surface area contributed by atoms with Crippen LogP contribution in [0.5, 0.6) is 5.75 Å². The molecule has 1 amide bonds. The summed E-state index contributed by atoms with van der Waals surface area (Å²) >= 11 is 0. The second kappa shape index (κ2) is 9.84. The Balaban J connectivity index is 0.00000312. The van der Waals surface area contributed by atoms with Crippen molar-refractivity contribution >= 4 is 35.8 Å². The summed E-state index contributed by atoms with van der Waals surface area (Å²) in [5.41, 5.74) is 0.846. The average Bonchev–Trinajstić information content (AvgIpc) is 2.55. The van der Waals surface area contributed by atoms with Crippen molar-refractivity contribution in [2.45, 2.75) is 45.3 Å². The number of carbonyl (C=O) groups excluding carboxylic acids is 1. The van der Waals surface area contributed by atoms with Crippen LogP contribution in [0.15, 0.2) is 29.3 Å². The molecule has 0 saturated heterocycles. The van der Waals surface area contributed by atoms with Crippen molar-refractivity contribution in [3.8, 4) is 5.75 Å². The van der Waals surface area contributed by atoms with Crippen LogP contribution in [-0.2, 0) is 4.79 Å². The molecule has 1 atom stereocenters. The molecule has 1 unspecified atom stereocenters. The molecule has 0 saturated carbocycles. The summed E-state index contributed by atoms with van der Waals surface area (Å²) in [6.07, 6.45) is 1.74. The highest BCUT2D eigenvalue weighted by atomic mass is 127. The fourth-order valence-electron chi connectivity index (χ4n) is 2.78. The predicted octanol–water partition coefficient (Wildman–Crippen LogP) is 2.60. The molecule has 1 aliphatic heterocycles. The van der Waals surface area contributed by atoms with Crippen LogP contribution in [0.25, 0.3) is 0 Å². The first kappa shape index (κ1) is 21.5. The molecule has 7 heteroatoms. The third kappa shape index (κ3) is 6.37. The van der Waals surface area contributed by atoms with E-state index in [1.54, 1.807) is 7.05 Å². The molecule has 2 rings (SSSR count). The number of benzene rings is 1. The third-order valence-corrected chi connectivity index (χ3v) is 3.90. The lowest BCUT2D eigenvalue weighted by Crippen LogP contribution is -2.47. The number of amides is 1. The SMILES string of the molecule is CCCNC(=O)CNC(=NC)NC1CC(C)(C)Oc2ccccc21.I. The number of para-hydroxylation sites is 1. The van der Waals surface area contributed by atoms with Crippen molar-refractivity contribution in [2.24, 2.45) is 4.99 Å². The Morgan fingerprint density at radius 2 is 2.04 bits per heavy atom. The van der Waals surface area contributed by atoms with Gasteiger partial charge in [0.15, 0.2) is 5.96 Å². The molecule has 1 aromatic rings. The van der Waals surface area contributed by atoms with Crippen LogP contribution < -0.4 is 20.7 Å². The number of carbonyl (C=O) groups is 1. The maximum Gasteiger partial charge on any atom is 0.239 e. The summed E-state index contributed by atoms with van der Waals surface area (Å²) in [4.78, 5) is 16.0. The van der Waals surface area contributed by atoms with Gasteiger partial charge in [0.25, 0.3) is 0 Å². The van der Waals surface area contributed by atoms with Crippen molar-refractivity contribution in [3.05, 3.63) is 29.8 Å². The third-order valence-electron chi connectivity index (χ3n) is 3.90. The van der Waals surface area contributed by atoms with Gasteiger partial charge in [0.2, 0.25) is 5.91 Å². The summed E-state index contributed by atoms with van der Waals surface area (Å²) in [6.45, 7) is 7.07. The number of halogens is 1. The topological polar surface area (TPSA) is 74.8 Å². The average molecular weight is 460 g/mol. The van der Waals surface area contributed by atoms with Crippen LogP contribution in [0, 0.1) is 0 Å². The van der Waals surface area contributed by atoms with Crippen molar-refractivity contribution in [3.63, 3.8) is 0 Å². The van der Waals surface area contributed by atoms with Crippen LogP contribution in [0.3, 0.4) is 0 Å². The molecular weight excluding hydrogens is 431 g/mol. The number of nitrogens with one attached hydrogen (secondary N) is 3. The number of rotatable bonds is 5. The van der Waals surface area contributed by atoms with Crippen molar-refractivity contribution < 1.29 is 9.53 Å². The van der Waals surface area contributed by atoms with E-state index in [4.69, 9.17) is 4.74 Å². The van der Waals surface area contributed by atoms with Gasteiger partial charge in [0.05, 0.1) is 12.6 Å². The maximum absolute atomic E-state index is 11.7. The smallest absolute Gasteiger partial charge is 0.239 e. The number of hydrogen-bond acceptors (Lipinski definition) is 3. The first-order chi connectivity index (χ1) is 11.4. The van der Waals surface area contributed by atoms with Crippen LogP contribution in [0.1, 0.15) is 45.2 Å². The summed E-state index contributed by atoms with van der Waals surface area (Å²) in [5, 5.41) is 9.32. The Kier molecular flexibility index (Phi) is 8.47. The van der Waals surface area contributed by atoms with E-state index in [1.807, 2.05) is 25.1 Å². The highest BCUT2D eigenvalue weighted by Gasteiger charge is 2.33. The molecule has 140 valence electrons. The van der Waals surface area contributed by atoms with E-state index in [9.17, 15) is 4.79 Å². The summed E-state index contributed by atoms with van der Waals surface area (Å²) in [6, 6.07) is 8.10. The van der Waals surface area contributed by atoms with Gasteiger partial charge in [-0.15, -0.1) is 24.0 Å². The lowest BCUT2D eigenvalue weighted by Gasteiger charge is -2.38. The minimum absolute atomic E-state index is 0. The Labute approximate surface area is 167 Å². The summed E-state index contributed by atoms with van der Waals surface area (Å²) in [5.74, 6) is 1.47. The molecule has 0 radical (unpaired) electrons. The van der Waals surface area contributed by atoms with E-state index in [2.05, 4.69) is 40.9 Å². The molecule has 1 aromatic carbocycles. The number of fused-ring (bicyclic) bond motifs is 1. The summed E-state index contributed by atoms with van der Waals surface area (Å²) < 4.78 is 6.04. The fraction of sp³-hybridized carbons (Fsp3) is 0.556. The van der Waals surface area contributed by atoms with E-state index < -0.39 is 0 Å². The number of nitrogens with zero attached hydrogens (tertiary/aromatic N) is 1. The van der Waals surface area contributed by atoms with E-state index in [0.717, 1.165) is 24.2 Å². The highest BCUT2D eigenvalue weighted by molar-refractivity contribution is 14.0. The van der Waals surface area contributed by atoms with Crippen LogP contribution in [0.2, 0.25) is 0 Å². The van der Waals surface area contributed by atoms with Gasteiger partial charge in [0.1, 0.15) is 11.4 Å². The normalized spacial score (nSPS) is 18.2. The maximum atomic E-state index is 11.7. The summed E-state index contributed by atoms with van der Waals surface area (Å²) in [7, 11) is 1.70. The first-order valence-corrected chi connectivity index (χ1v) is 8.47. The molecule has 0 aliphatic carbocycles. The lowest BCUT2D eigenvalue weighted by molar-refractivity contribution is -0.120. The fourth-order valence-corrected chi connectivity index (χ4v) is 2.78. The van der Waals surface area contributed by atoms with Gasteiger partial charge in [-0.05, 0) is 26.3 Å². The van der Waals surface area contributed by atoms with Gasteiger partial charge < -0.3 is 20.7 Å². The zero-order valence-electron chi connectivity index (χ0n) is 15.4. The van der Waals surface area contributed by atoms with Crippen molar-refractivity contribution in [1.82, 2.24) is 16.0 Å². The lowest BCUT2D eigenvalue weighted by atomic mass is 9.90. The minimum atomic E-state index is -0.261. The number of ether oxygens (including phenoxy) is 1. The van der Waals surface area contributed by atoms with E-state index >= 15 is 0 Å². The van der Waals surface area contributed by atoms with E-state index in [-0.39, 0.29) is 48.1 Å². The van der Waals surface area contributed by atoms with Gasteiger partial charge in [0, 0.05) is 25.6 Å². The molecule has 0 spiro atoms. The molecule has 6 nitrogen and oxygen atoms in total. The van der Waals surface area contributed by atoms with Gasteiger partial charge in [-0.2, -0.15) is 0 Å². The molecule has 1 heterocycles. The number of aliphatic imine (C=N–C) groups is 1. The minimum Gasteiger partial charge on any atom is -0.487 e. The van der Waals surface area contributed by atoms with Gasteiger partial charge in [-0.3, -0.25) is 9.79 Å². The Hall–Kier alpha value is -1.51. The molecule has 0 fully saturated rings. The molecule has 25 heavy (non-hydrogen) atoms. The van der Waals surface area contributed by atoms with Crippen molar-refractivity contribution in [1.29, 1.82) is 0 Å². The number of guanidine groups is 1. The van der Waals surface area contributed by atoms with Gasteiger partial charge in [-0.1, -0.05) is 25.1 Å². The zero-order chi connectivity index (χ0) is 17.6. The largest absolute Gasteiger partial charge is 0.487 e. The molecule has 1 aliphatic rings. The van der Waals surface area contributed by atoms with Crippen LogP contribution in [-0.4, -0.2) is 37.6 Å². The standard InChI is InChI=1S/C18H28N4O2.HI/c1-5-10-20-16(23)12-21-17(19-4)22-14-11-18(2,3)24-15-9-7-6-8-13(14)15;/h6-9,14H,5,10-12H2,1-4H3,(H,20,23)(H2,19,21,22);1H. The van der Waals surface area contributed by atoms with Crippen LogP contribution >= 0.6 is 24.0 Å². The molecule has 0 aromatic heterocycles. The van der Waals surface area contributed by atoms with Crippen LogP contribution in [0.4, 0.5) is 0 Å². The van der Waals surface area contributed by atoms with Crippen molar-refractivity contribution in [2.75, 3.05) is 20.1 Å². The second-order valence-electron chi connectivity index (χ2n) is 6.58. The Bertz CT molecular complexity index is 604. The van der Waals surface area contributed by atoms with E-state index in [0.29, 0.717) is 12.5 Å². The monoisotopic (exact) mass is 460 g/mol. The number of hydrogen-bond donors (Lipinski definition) is 3.